The van der Waals surface area contributed by atoms with E-state index in [-0.39, 0.29) is 0 Å². The van der Waals surface area contributed by atoms with Gasteiger partial charge in [0.15, 0.2) is 0 Å². The van der Waals surface area contributed by atoms with E-state index < -0.39 is 0 Å². The molecule has 0 aliphatic rings. The maximum Gasteiger partial charge on any atom is 0.0613 e. The van der Waals surface area contributed by atoms with Gasteiger partial charge in [-0.05, 0) is 26.3 Å². The van der Waals surface area contributed by atoms with Crippen LogP contribution in [-0.4, -0.2) is 19.8 Å². The van der Waals surface area contributed by atoms with Gasteiger partial charge in [-0.3, -0.25) is 0 Å². The Kier molecular flexibility index (Phi) is 4.79. The number of rotatable bonds is 5. The molecule has 15 heavy (non-hydrogen) atoms. The van der Waals surface area contributed by atoms with Crippen LogP contribution in [0.4, 0.5) is 0 Å². The van der Waals surface area contributed by atoms with Crippen LogP contribution in [-0.2, 0) is 4.74 Å². The van der Waals surface area contributed by atoms with E-state index >= 15 is 0 Å². The molecule has 1 unspecified atom stereocenters. The molecule has 0 aromatic heterocycles. The lowest BCUT2D eigenvalue weighted by atomic mass is 10.1. The highest BCUT2D eigenvalue weighted by molar-refractivity contribution is 5.23. The van der Waals surface area contributed by atoms with Gasteiger partial charge in [0.2, 0.25) is 0 Å². The SMILES string of the molecule is COCC(C)N[C@H](C)c1ccc(C)cc1. The fourth-order valence-electron chi connectivity index (χ4n) is 1.68. The van der Waals surface area contributed by atoms with E-state index in [2.05, 4.69) is 50.4 Å². The molecule has 0 bridgehead atoms. The average Bonchev–Trinajstić information content (AvgIpc) is 2.18. The predicted octanol–water partition coefficient (Wildman–Crippen LogP) is 2.68. The van der Waals surface area contributed by atoms with Gasteiger partial charge >= 0.3 is 0 Å². The summed E-state index contributed by atoms with van der Waals surface area (Å²) in [6.07, 6.45) is 0. The largest absolute Gasteiger partial charge is 0.383 e. The summed E-state index contributed by atoms with van der Waals surface area (Å²) in [6, 6.07) is 9.39. The smallest absolute Gasteiger partial charge is 0.0613 e. The summed E-state index contributed by atoms with van der Waals surface area (Å²) in [7, 11) is 1.73. The zero-order valence-corrected chi connectivity index (χ0v) is 10.1. The molecule has 0 amide bonds. The minimum absolute atomic E-state index is 0.371. The number of benzene rings is 1. The summed E-state index contributed by atoms with van der Waals surface area (Å²) in [4.78, 5) is 0. The zero-order valence-electron chi connectivity index (χ0n) is 10.1. The molecule has 1 aromatic rings. The van der Waals surface area contributed by atoms with Crippen LogP contribution in [0.25, 0.3) is 0 Å². The lowest BCUT2D eigenvalue weighted by Gasteiger charge is -2.19. The van der Waals surface area contributed by atoms with E-state index in [0.717, 1.165) is 6.61 Å². The first kappa shape index (κ1) is 12.2. The molecule has 0 fully saturated rings. The Morgan fingerprint density at radius 1 is 1.20 bits per heavy atom. The normalized spacial score (nSPS) is 14.9. The van der Waals surface area contributed by atoms with Crippen molar-refractivity contribution in [2.24, 2.45) is 0 Å². The van der Waals surface area contributed by atoms with Crippen molar-refractivity contribution in [1.29, 1.82) is 0 Å². The lowest BCUT2D eigenvalue weighted by Crippen LogP contribution is -2.32. The zero-order chi connectivity index (χ0) is 11.3. The standard InChI is InChI=1S/C13H21NO/c1-10-5-7-13(8-6-10)12(3)14-11(2)9-15-4/h5-8,11-12,14H,9H2,1-4H3/t11?,12-/m1/s1. The number of aryl methyl sites for hydroxylation is 1. The number of methoxy groups -OCH3 is 1. The van der Waals surface area contributed by atoms with Crippen molar-refractivity contribution in [2.75, 3.05) is 13.7 Å². The maximum atomic E-state index is 5.10. The van der Waals surface area contributed by atoms with Gasteiger partial charge in [0.1, 0.15) is 0 Å². The minimum Gasteiger partial charge on any atom is -0.383 e. The van der Waals surface area contributed by atoms with Crippen LogP contribution in [0.3, 0.4) is 0 Å². The van der Waals surface area contributed by atoms with Crippen molar-refractivity contribution in [2.45, 2.75) is 32.9 Å². The Bertz CT molecular complexity index is 281. The fourth-order valence-corrected chi connectivity index (χ4v) is 1.68. The van der Waals surface area contributed by atoms with E-state index in [0.29, 0.717) is 12.1 Å². The molecule has 1 rings (SSSR count). The predicted molar refractivity (Wildman–Crippen MR) is 64.1 cm³/mol. The Morgan fingerprint density at radius 3 is 2.33 bits per heavy atom. The molecule has 0 radical (unpaired) electrons. The Morgan fingerprint density at radius 2 is 1.80 bits per heavy atom. The molecule has 1 aromatic carbocycles. The van der Waals surface area contributed by atoms with Gasteiger partial charge in [-0.15, -0.1) is 0 Å². The number of ether oxygens (including phenoxy) is 1. The van der Waals surface area contributed by atoms with Gasteiger partial charge in [0, 0.05) is 19.2 Å². The van der Waals surface area contributed by atoms with Gasteiger partial charge in [0.25, 0.3) is 0 Å². The highest BCUT2D eigenvalue weighted by Gasteiger charge is 2.08. The summed E-state index contributed by atoms with van der Waals surface area (Å²) >= 11 is 0. The highest BCUT2D eigenvalue weighted by atomic mass is 16.5. The molecule has 0 saturated carbocycles. The minimum atomic E-state index is 0.371. The van der Waals surface area contributed by atoms with E-state index in [1.54, 1.807) is 7.11 Å². The number of hydrogen-bond acceptors (Lipinski definition) is 2. The Hall–Kier alpha value is -0.860. The monoisotopic (exact) mass is 207 g/mol. The molecule has 2 atom stereocenters. The average molecular weight is 207 g/mol. The first-order chi connectivity index (χ1) is 7.13. The van der Waals surface area contributed by atoms with Crippen LogP contribution in [0.1, 0.15) is 31.0 Å². The molecule has 0 heterocycles. The summed E-state index contributed by atoms with van der Waals surface area (Å²) < 4.78 is 5.10. The van der Waals surface area contributed by atoms with Gasteiger partial charge in [0.05, 0.1) is 6.61 Å². The Labute approximate surface area is 92.6 Å². The van der Waals surface area contributed by atoms with Crippen molar-refractivity contribution in [1.82, 2.24) is 5.32 Å². The number of nitrogens with one attached hydrogen (secondary N) is 1. The van der Waals surface area contributed by atoms with Crippen molar-refractivity contribution in [3.63, 3.8) is 0 Å². The summed E-state index contributed by atoms with van der Waals surface area (Å²) in [5.74, 6) is 0. The molecule has 0 aliphatic heterocycles. The number of hydrogen-bond donors (Lipinski definition) is 1. The third-order valence-corrected chi connectivity index (χ3v) is 2.53. The van der Waals surface area contributed by atoms with Crippen LogP contribution < -0.4 is 5.32 Å². The molecule has 2 heteroatoms. The summed E-state index contributed by atoms with van der Waals surface area (Å²) in [5, 5.41) is 3.49. The quantitative estimate of drug-likeness (QED) is 0.801. The molecule has 84 valence electrons. The Balaban J connectivity index is 2.53. The van der Waals surface area contributed by atoms with Crippen molar-refractivity contribution < 1.29 is 4.74 Å². The van der Waals surface area contributed by atoms with Crippen molar-refractivity contribution in [3.05, 3.63) is 35.4 Å². The van der Waals surface area contributed by atoms with Crippen molar-refractivity contribution >= 4 is 0 Å². The maximum absolute atomic E-state index is 5.10. The first-order valence-corrected chi connectivity index (χ1v) is 5.45. The van der Waals surface area contributed by atoms with Gasteiger partial charge in [-0.25, -0.2) is 0 Å². The third kappa shape index (κ3) is 4.02. The van der Waals surface area contributed by atoms with Crippen LogP contribution in [0.5, 0.6) is 0 Å². The summed E-state index contributed by atoms with van der Waals surface area (Å²) in [5.41, 5.74) is 2.62. The van der Waals surface area contributed by atoms with E-state index in [9.17, 15) is 0 Å². The van der Waals surface area contributed by atoms with Crippen LogP contribution >= 0.6 is 0 Å². The molecular formula is C13H21NO. The van der Waals surface area contributed by atoms with Gasteiger partial charge in [-0.2, -0.15) is 0 Å². The second-order valence-electron chi connectivity index (χ2n) is 4.16. The molecule has 0 aliphatic carbocycles. The molecular weight excluding hydrogens is 186 g/mol. The third-order valence-electron chi connectivity index (χ3n) is 2.53. The molecule has 2 nitrogen and oxygen atoms in total. The molecule has 1 N–H and O–H groups in total. The summed E-state index contributed by atoms with van der Waals surface area (Å²) in [6.45, 7) is 7.16. The van der Waals surface area contributed by atoms with E-state index in [1.807, 2.05) is 0 Å². The van der Waals surface area contributed by atoms with Gasteiger partial charge in [-0.1, -0.05) is 29.8 Å². The molecule has 0 spiro atoms. The van der Waals surface area contributed by atoms with Crippen LogP contribution in [0.15, 0.2) is 24.3 Å². The topological polar surface area (TPSA) is 21.3 Å². The van der Waals surface area contributed by atoms with Crippen LogP contribution in [0, 0.1) is 6.92 Å². The van der Waals surface area contributed by atoms with Crippen molar-refractivity contribution in [3.8, 4) is 0 Å². The van der Waals surface area contributed by atoms with Crippen LogP contribution in [0.2, 0.25) is 0 Å². The second-order valence-corrected chi connectivity index (χ2v) is 4.16. The van der Waals surface area contributed by atoms with Gasteiger partial charge < -0.3 is 10.1 Å². The molecule has 0 saturated heterocycles. The van der Waals surface area contributed by atoms with E-state index in [1.165, 1.54) is 11.1 Å². The van der Waals surface area contributed by atoms with E-state index in [4.69, 9.17) is 4.74 Å². The second kappa shape index (κ2) is 5.89. The highest BCUT2D eigenvalue weighted by Crippen LogP contribution is 2.13. The lowest BCUT2D eigenvalue weighted by molar-refractivity contribution is 0.168. The first-order valence-electron chi connectivity index (χ1n) is 5.45. The fraction of sp³-hybridized carbons (Fsp3) is 0.538.